The average Bonchev–Trinajstić information content (AvgIpc) is 2.62. The molecule has 0 atom stereocenters. The third-order valence-corrected chi connectivity index (χ3v) is 3.81. The van der Waals surface area contributed by atoms with Gasteiger partial charge in [-0.3, -0.25) is 4.79 Å². The molecule has 2 rings (SSSR count). The number of aryl methyl sites for hydroxylation is 1. The van der Waals surface area contributed by atoms with Gasteiger partial charge in [0.2, 0.25) is 0 Å². The summed E-state index contributed by atoms with van der Waals surface area (Å²) < 4.78 is 15.9. The molecule has 0 aliphatic heterocycles. The van der Waals surface area contributed by atoms with E-state index in [4.69, 9.17) is 25.8 Å². The van der Waals surface area contributed by atoms with Crippen molar-refractivity contribution in [1.29, 1.82) is 0 Å². The van der Waals surface area contributed by atoms with E-state index >= 15 is 0 Å². The molecule has 0 saturated carbocycles. The van der Waals surface area contributed by atoms with Gasteiger partial charge in [-0.25, -0.2) is 4.79 Å². The van der Waals surface area contributed by atoms with Crippen molar-refractivity contribution in [1.82, 2.24) is 0 Å². The van der Waals surface area contributed by atoms with Crippen LogP contribution in [0.5, 0.6) is 11.5 Å². The first kappa shape index (κ1) is 20.6. The minimum atomic E-state index is -0.637. The van der Waals surface area contributed by atoms with Crippen LogP contribution in [0.1, 0.15) is 29.8 Å². The predicted octanol–water partition coefficient (Wildman–Crippen LogP) is 4.24. The van der Waals surface area contributed by atoms with E-state index < -0.39 is 18.5 Å². The van der Waals surface area contributed by atoms with Gasteiger partial charge in [0.15, 0.2) is 18.1 Å². The number of rotatable bonds is 7. The Bertz CT molecular complexity index is 835. The molecule has 0 radical (unpaired) electrons. The molecule has 0 bridgehead atoms. The second kappa shape index (κ2) is 9.28. The Kier molecular flexibility index (Phi) is 7.07. The molecule has 1 N–H and O–H groups in total. The minimum Gasteiger partial charge on any atom is -0.493 e. The maximum Gasteiger partial charge on any atom is 0.338 e. The topological polar surface area (TPSA) is 73.9 Å². The second-order valence-corrected chi connectivity index (χ2v) is 6.55. The van der Waals surface area contributed by atoms with Crippen LogP contribution in [0.15, 0.2) is 36.4 Å². The van der Waals surface area contributed by atoms with E-state index in [-0.39, 0.29) is 11.7 Å². The van der Waals surface area contributed by atoms with Crippen molar-refractivity contribution in [3.05, 3.63) is 52.5 Å². The van der Waals surface area contributed by atoms with Crippen LogP contribution in [0.4, 0.5) is 5.69 Å². The Morgan fingerprint density at radius 3 is 2.52 bits per heavy atom. The standard InChI is InChI=1S/C20H22ClNO5/c1-12(2)27-17-8-6-14(9-18(17)25-4)20(24)26-11-19(23)22-16-10-15(21)7-5-13(16)3/h5-10,12H,11H2,1-4H3,(H,22,23). The molecule has 7 heteroatoms. The van der Waals surface area contributed by atoms with Gasteiger partial charge in [-0.05, 0) is 56.7 Å². The monoisotopic (exact) mass is 391 g/mol. The molecule has 2 aromatic carbocycles. The van der Waals surface area contributed by atoms with Gasteiger partial charge in [-0.15, -0.1) is 0 Å². The van der Waals surface area contributed by atoms with Crippen molar-refractivity contribution in [3.63, 3.8) is 0 Å². The fourth-order valence-corrected chi connectivity index (χ4v) is 2.45. The zero-order valence-electron chi connectivity index (χ0n) is 15.7. The van der Waals surface area contributed by atoms with E-state index in [2.05, 4.69) is 5.32 Å². The summed E-state index contributed by atoms with van der Waals surface area (Å²) in [6.45, 7) is 5.20. The summed E-state index contributed by atoms with van der Waals surface area (Å²) in [7, 11) is 1.48. The zero-order valence-corrected chi connectivity index (χ0v) is 16.4. The lowest BCUT2D eigenvalue weighted by atomic mass is 10.2. The number of ether oxygens (including phenoxy) is 3. The molecule has 144 valence electrons. The number of benzene rings is 2. The van der Waals surface area contributed by atoms with Gasteiger partial charge in [0.05, 0.1) is 18.8 Å². The Labute approximate surface area is 163 Å². The van der Waals surface area contributed by atoms with Crippen LogP contribution in [0.2, 0.25) is 5.02 Å². The fourth-order valence-electron chi connectivity index (χ4n) is 2.28. The number of esters is 1. The maximum atomic E-state index is 12.2. The number of carbonyl (C=O) groups is 2. The highest BCUT2D eigenvalue weighted by Crippen LogP contribution is 2.29. The van der Waals surface area contributed by atoms with E-state index in [0.29, 0.717) is 22.2 Å². The number of hydrogen-bond donors (Lipinski definition) is 1. The molecule has 0 spiro atoms. The van der Waals surface area contributed by atoms with Crippen LogP contribution in [-0.4, -0.2) is 31.7 Å². The Morgan fingerprint density at radius 2 is 1.85 bits per heavy atom. The first-order valence-electron chi connectivity index (χ1n) is 8.38. The Morgan fingerprint density at radius 1 is 1.11 bits per heavy atom. The number of hydrogen-bond acceptors (Lipinski definition) is 5. The first-order valence-corrected chi connectivity index (χ1v) is 8.75. The molecular weight excluding hydrogens is 370 g/mol. The van der Waals surface area contributed by atoms with Gasteiger partial charge in [-0.1, -0.05) is 17.7 Å². The number of carbonyl (C=O) groups excluding carboxylic acids is 2. The SMILES string of the molecule is COc1cc(C(=O)OCC(=O)Nc2cc(Cl)ccc2C)ccc1OC(C)C. The van der Waals surface area contributed by atoms with Gasteiger partial charge in [0, 0.05) is 10.7 Å². The molecule has 2 aromatic rings. The highest BCUT2D eigenvalue weighted by molar-refractivity contribution is 6.31. The van der Waals surface area contributed by atoms with Crippen LogP contribution in [-0.2, 0) is 9.53 Å². The molecular formula is C20H22ClNO5. The molecule has 6 nitrogen and oxygen atoms in total. The number of methoxy groups -OCH3 is 1. The normalized spacial score (nSPS) is 10.4. The van der Waals surface area contributed by atoms with Crippen molar-refractivity contribution in [2.75, 3.05) is 19.0 Å². The largest absolute Gasteiger partial charge is 0.493 e. The maximum absolute atomic E-state index is 12.2. The third kappa shape index (κ3) is 5.89. The number of anilines is 1. The summed E-state index contributed by atoms with van der Waals surface area (Å²) >= 11 is 5.92. The summed E-state index contributed by atoms with van der Waals surface area (Å²) in [5.74, 6) is -0.154. The van der Waals surface area contributed by atoms with Crippen LogP contribution in [0.25, 0.3) is 0 Å². The van der Waals surface area contributed by atoms with Gasteiger partial charge >= 0.3 is 5.97 Å². The number of nitrogens with one attached hydrogen (secondary N) is 1. The van der Waals surface area contributed by atoms with Crippen LogP contribution in [0, 0.1) is 6.92 Å². The molecule has 27 heavy (non-hydrogen) atoms. The first-order chi connectivity index (χ1) is 12.8. The Balaban J connectivity index is 1.98. The number of halogens is 1. The lowest BCUT2D eigenvalue weighted by Gasteiger charge is -2.14. The predicted molar refractivity (Wildman–Crippen MR) is 104 cm³/mol. The molecule has 0 aliphatic rings. The molecule has 1 amide bonds. The van der Waals surface area contributed by atoms with E-state index in [1.807, 2.05) is 20.8 Å². The van der Waals surface area contributed by atoms with Crippen molar-refractivity contribution < 1.29 is 23.8 Å². The average molecular weight is 392 g/mol. The molecule has 0 fully saturated rings. The minimum absolute atomic E-state index is 0.0321. The van der Waals surface area contributed by atoms with E-state index in [1.165, 1.54) is 13.2 Å². The molecule has 0 saturated heterocycles. The number of amides is 1. The van der Waals surface area contributed by atoms with Gasteiger partial charge in [-0.2, -0.15) is 0 Å². The summed E-state index contributed by atoms with van der Waals surface area (Å²) in [6, 6.07) is 9.85. The van der Waals surface area contributed by atoms with Crippen molar-refractivity contribution in [2.45, 2.75) is 26.9 Å². The van der Waals surface area contributed by atoms with Crippen LogP contribution in [0.3, 0.4) is 0 Å². The smallest absolute Gasteiger partial charge is 0.338 e. The lowest BCUT2D eigenvalue weighted by molar-refractivity contribution is -0.119. The highest BCUT2D eigenvalue weighted by atomic mass is 35.5. The van der Waals surface area contributed by atoms with Gasteiger partial charge in [0.25, 0.3) is 5.91 Å². The highest BCUT2D eigenvalue weighted by Gasteiger charge is 2.15. The summed E-state index contributed by atoms with van der Waals surface area (Å²) in [4.78, 5) is 24.2. The summed E-state index contributed by atoms with van der Waals surface area (Å²) in [6.07, 6.45) is -0.0321. The van der Waals surface area contributed by atoms with Gasteiger partial charge in [0.1, 0.15) is 0 Å². The second-order valence-electron chi connectivity index (χ2n) is 6.12. The zero-order chi connectivity index (χ0) is 20.0. The molecule has 0 aliphatic carbocycles. The van der Waals surface area contributed by atoms with Crippen molar-refractivity contribution >= 4 is 29.2 Å². The van der Waals surface area contributed by atoms with Crippen LogP contribution >= 0.6 is 11.6 Å². The van der Waals surface area contributed by atoms with Crippen molar-refractivity contribution in [2.24, 2.45) is 0 Å². The van der Waals surface area contributed by atoms with E-state index in [0.717, 1.165) is 5.56 Å². The Hall–Kier alpha value is -2.73. The molecule has 0 unspecified atom stereocenters. The van der Waals surface area contributed by atoms with Crippen LogP contribution < -0.4 is 14.8 Å². The van der Waals surface area contributed by atoms with Crippen molar-refractivity contribution in [3.8, 4) is 11.5 Å². The fraction of sp³-hybridized carbons (Fsp3) is 0.300. The quantitative estimate of drug-likeness (QED) is 0.714. The molecule has 0 heterocycles. The summed E-state index contributed by atoms with van der Waals surface area (Å²) in [5, 5.41) is 3.17. The van der Waals surface area contributed by atoms with E-state index in [9.17, 15) is 9.59 Å². The third-order valence-electron chi connectivity index (χ3n) is 3.57. The van der Waals surface area contributed by atoms with E-state index in [1.54, 1.807) is 30.3 Å². The lowest BCUT2D eigenvalue weighted by Crippen LogP contribution is -2.21. The van der Waals surface area contributed by atoms with Gasteiger partial charge < -0.3 is 19.5 Å². The molecule has 0 aromatic heterocycles. The summed E-state index contributed by atoms with van der Waals surface area (Å²) in [5.41, 5.74) is 1.68.